The predicted molar refractivity (Wildman–Crippen MR) is 70.2 cm³/mol. The van der Waals surface area contributed by atoms with Gasteiger partial charge in [0.2, 0.25) is 0 Å². The molecule has 4 heteroatoms. The Morgan fingerprint density at radius 2 is 1.71 bits per heavy atom. The van der Waals surface area contributed by atoms with Crippen LogP contribution in [0, 0.1) is 6.92 Å². The van der Waals surface area contributed by atoms with Crippen LogP contribution in [-0.4, -0.2) is 21.7 Å². The van der Waals surface area contributed by atoms with E-state index < -0.39 is 0 Å². The Hall–Kier alpha value is -1.68. The SMILES string of the molecule is Cc1c(C(=O)CS)c(O)c2ccccc2c1O. The maximum Gasteiger partial charge on any atom is 0.176 e. The summed E-state index contributed by atoms with van der Waals surface area (Å²) in [5.74, 6) is -0.366. The van der Waals surface area contributed by atoms with E-state index in [2.05, 4.69) is 12.6 Å². The third-order valence-electron chi connectivity index (χ3n) is 2.83. The number of aromatic hydroxyl groups is 2. The Labute approximate surface area is 104 Å². The lowest BCUT2D eigenvalue weighted by Crippen LogP contribution is -2.04. The van der Waals surface area contributed by atoms with Crippen LogP contribution in [0.2, 0.25) is 0 Å². The van der Waals surface area contributed by atoms with E-state index in [4.69, 9.17) is 0 Å². The van der Waals surface area contributed by atoms with Crippen LogP contribution >= 0.6 is 12.6 Å². The molecular formula is C13H12O3S. The predicted octanol–water partition coefficient (Wildman–Crippen LogP) is 2.67. The Balaban J connectivity index is 2.91. The Bertz CT molecular complexity index is 605. The summed E-state index contributed by atoms with van der Waals surface area (Å²) in [5.41, 5.74) is 0.538. The molecule has 2 rings (SSSR count). The van der Waals surface area contributed by atoms with Crippen molar-refractivity contribution in [3.63, 3.8) is 0 Å². The van der Waals surface area contributed by atoms with E-state index in [1.807, 2.05) is 0 Å². The third kappa shape index (κ3) is 1.74. The van der Waals surface area contributed by atoms with Gasteiger partial charge in [-0.15, -0.1) is 0 Å². The van der Waals surface area contributed by atoms with Gasteiger partial charge in [-0.2, -0.15) is 12.6 Å². The lowest BCUT2D eigenvalue weighted by Gasteiger charge is -2.12. The normalized spacial score (nSPS) is 10.7. The highest BCUT2D eigenvalue weighted by molar-refractivity contribution is 7.81. The maximum absolute atomic E-state index is 11.7. The molecule has 0 heterocycles. The number of rotatable bonds is 2. The first-order chi connectivity index (χ1) is 8.07. The minimum atomic E-state index is -0.301. The van der Waals surface area contributed by atoms with Crippen molar-refractivity contribution >= 4 is 29.2 Å². The molecule has 0 fully saturated rings. The number of fused-ring (bicyclic) bond motifs is 1. The van der Waals surface area contributed by atoms with E-state index in [1.165, 1.54) is 0 Å². The van der Waals surface area contributed by atoms with Gasteiger partial charge in [0.05, 0.1) is 11.3 Å². The lowest BCUT2D eigenvalue weighted by atomic mass is 9.96. The number of hydrogen-bond acceptors (Lipinski definition) is 4. The summed E-state index contributed by atoms with van der Waals surface area (Å²) in [7, 11) is 0. The van der Waals surface area contributed by atoms with Gasteiger partial charge in [0.15, 0.2) is 5.78 Å². The minimum absolute atomic E-state index is 0.00776. The van der Waals surface area contributed by atoms with Gasteiger partial charge in [-0.3, -0.25) is 4.79 Å². The van der Waals surface area contributed by atoms with Crippen LogP contribution in [-0.2, 0) is 0 Å². The molecular weight excluding hydrogens is 236 g/mol. The van der Waals surface area contributed by atoms with Crippen LogP contribution in [0.25, 0.3) is 10.8 Å². The van der Waals surface area contributed by atoms with Crippen molar-refractivity contribution in [1.29, 1.82) is 0 Å². The summed E-state index contributed by atoms with van der Waals surface area (Å²) < 4.78 is 0. The number of benzene rings is 2. The molecule has 2 aromatic rings. The first-order valence-corrected chi connectivity index (χ1v) is 5.78. The number of Topliss-reactive ketones (excluding diaryl/α,β-unsaturated/α-hetero) is 1. The van der Waals surface area contributed by atoms with E-state index in [9.17, 15) is 15.0 Å². The molecule has 0 saturated heterocycles. The van der Waals surface area contributed by atoms with Gasteiger partial charge < -0.3 is 10.2 Å². The minimum Gasteiger partial charge on any atom is -0.507 e. The summed E-state index contributed by atoms with van der Waals surface area (Å²) in [6, 6.07) is 6.87. The highest BCUT2D eigenvalue weighted by Crippen LogP contribution is 2.39. The van der Waals surface area contributed by atoms with Crippen LogP contribution in [0.5, 0.6) is 11.5 Å². The lowest BCUT2D eigenvalue weighted by molar-refractivity contribution is 0.101. The number of carbonyl (C=O) groups excluding carboxylic acids is 1. The Morgan fingerprint density at radius 1 is 1.18 bits per heavy atom. The van der Waals surface area contributed by atoms with Gasteiger partial charge in [0.25, 0.3) is 0 Å². The summed E-state index contributed by atoms with van der Waals surface area (Å²) >= 11 is 3.91. The molecule has 0 aromatic heterocycles. The second kappa shape index (κ2) is 4.30. The zero-order chi connectivity index (χ0) is 12.6. The highest BCUT2D eigenvalue weighted by atomic mass is 32.1. The summed E-state index contributed by atoms with van der Waals surface area (Å²) in [6.45, 7) is 1.61. The summed E-state index contributed by atoms with van der Waals surface area (Å²) in [6.07, 6.45) is 0. The second-order valence-electron chi connectivity index (χ2n) is 3.82. The molecule has 2 aromatic carbocycles. The molecule has 2 N–H and O–H groups in total. The zero-order valence-corrected chi connectivity index (χ0v) is 10.2. The smallest absolute Gasteiger partial charge is 0.176 e. The molecule has 0 bridgehead atoms. The molecule has 0 unspecified atom stereocenters. The van der Waals surface area contributed by atoms with Crippen molar-refractivity contribution in [2.75, 3.05) is 5.75 Å². The molecule has 0 amide bonds. The van der Waals surface area contributed by atoms with Gasteiger partial charge in [-0.25, -0.2) is 0 Å². The molecule has 17 heavy (non-hydrogen) atoms. The molecule has 0 atom stereocenters. The fourth-order valence-corrected chi connectivity index (χ4v) is 2.11. The standard InChI is InChI=1S/C13H12O3S/c1-7-11(10(14)6-17)13(16)9-5-3-2-4-8(9)12(7)15/h2-5,15-17H,6H2,1H3. The van der Waals surface area contributed by atoms with Crippen LogP contribution in [0.15, 0.2) is 24.3 Å². The molecule has 88 valence electrons. The van der Waals surface area contributed by atoms with Crippen LogP contribution in [0.3, 0.4) is 0 Å². The van der Waals surface area contributed by atoms with Gasteiger partial charge in [-0.05, 0) is 6.92 Å². The quantitative estimate of drug-likeness (QED) is 0.435. The first kappa shape index (κ1) is 11.8. The van der Waals surface area contributed by atoms with Crippen molar-refractivity contribution < 1.29 is 15.0 Å². The average molecular weight is 248 g/mol. The first-order valence-electron chi connectivity index (χ1n) is 5.15. The van der Waals surface area contributed by atoms with Crippen LogP contribution in [0.4, 0.5) is 0 Å². The Morgan fingerprint density at radius 3 is 2.24 bits per heavy atom. The fourth-order valence-electron chi connectivity index (χ4n) is 1.95. The Kier molecular flexibility index (Phi) is 2.98. The molecule has 3 nitrogen and oxygen atoms in total. The van der Waals surface area contributed by atoms with Gasteiger partial charge in [0, 0.05) is 16.3 Å². The largest absolute Gasteiger partial charge is 0.507 e. The number of thiol groups is 1. The van der Waals surface area contributed by atoms with Gasteiger partial charge in [0.1, 0.15) is 11.5 Å². The van der Waals surface area contributed by atoms with E-state index in [0.29, 0.717) is 16.3 Å². The van der Waals surface area contributed by atoms with Gasteiger partial charge >= 0.3 is 0 Å². The van der Waals surface area contributed by atoms with E-state index >= 15 is 0 Å². The van der Waals surface area contributed by atoms with Crippen molar-refractivity contribution in [3.8, 4) is 11.5 Å². The van der Waals surface area contributed by atoms with Crippen molar-refractivity contribution in [2.45, 2.75) is 6.92 Å². The van der Waals surface area contributed by atoms with E-state index in [-0.39, 0.29) is 28.6 Å². The number of phenolic OH excluding ortho intramolecular Hbond substituents is 2. The van der Waals surface area contributed by atoms with E-state index in [0.717, 1.165) is 0 Å². The molecule has 0 saturated carbocycles. The molecule has 0 aliphatic carbocycles. The average Bonchev–Trinajstić information content (AvgIpc) is 2.36. The highest BCUT2D eigenvalue weighted by Gasteiger charge is 2.19. The number of phenols is 2. The fraction of sp³-hybridized carbons (Fsp3) is 0.154. The summed E-state index contributed by atoms with van der Waals surface area (Å²) in [4.78, 5) is 11.7. The maximum atomic E-state index is 11.7. The van der Waals surface area contributed by atoms with Crippen molar-refractivity contribution in [1.82, 2.24) is 0 Å². The van der Waals surface area contributed by atoms with Gasteiger partial charge in [-0.1, -0.05) is 24.3 Å². The second-order valence-corrected chi connectivity index (χ2v) is 4.14. The third-order valence-corrected chi connectivity index (χ3v) is 3.11. The number of carbonyl (C=O) groups is 1. The molecule has 0 aliphatic rings. The summed E-state index contributed by atoms with van der Waals surface area (Å²) in [5, 5.41) is 21.1. The van der Waals surface area contributed by atoms with Crippen molar-refractivity contribution in [3.05, 3.63) is 35.4 Å². The van der Waals surface area contributed by atoms with Crippen LogP contribution in [0.1, 0.15) is 15.9 Å². The topological polar surface area (TPSA) is 57.5 Å². The monoisotopic (exact) mass is 248 g/mol. The zero-order valence-electron chi connectivity index (χ0n) is 9.27. The van der Waals surface area contributed by atoms with Crippen LogP contribution < -0.4 is 0 Å². The number of ketones is 1. The molecule has 0 aliphatic heterocycles. The molecule has 0 radical (unpaired) electrons. The van der Waals surface area contributed by atoms with E-state index in [1.54, 1.807) is 31.2 Å². The molecule has 0 spiro atoms. The van der Waals surface area contributed by atoms with Crippen molar-refractivity contribution in [2.24, 2.45) is 0 Å². The number of hydrogen-bond donors (Lipinski definition) is 3.